The lowest BCUT2D eigenvalue weighted by Gasteiger charge is -2.26. The molecule has 9 heteroatoms. The highest BCUT2D eigenvalue weighted by atomic mass is 16.5. The van der Waals surface area contributed by atoms with Crippen LogP contribution in [0.5, 0.6) is 0 Å². The third kappa shape index (κ3) is 3.00. The van der Waals surface area contributed by atoms with Crippen LogP contribution in [0.2, 0.25) is 0 Å². The molecule has 3 aromatic heterocycles. The molecule has 0 radical (unpaired) electrons. The SMILES string of the molecule is Cc1ncoc1C(=O)N1CCCCCC1c1noc(-c2cnn(C)c2)n1. The Morgan fingerprint density at radius 2 is 2.19 bits per heavy atom. The molecular weight excluding hydrogens is 336 g/mol. The first-order chi connectivity index (χ1) is 12.6. The van der Waals surface area contributed by atoms with E-state index in [1.807, 2.05) is 13.2 Å². The quantitative estimate of drug-likeness (QED) is 0.710. The lowest BCUT2D eigenvalue weighted by atomic mass is 10.1. The van der Waals surface area contributed by atoms with Crippen molar-refractivity contribution in [3.8, 4) is 11.5 Å². The summed E-state index contributed by atoms with van der Waals surface area (Å²) < 4.78 is 12.4. The highest BCUT2D eigenvalue weighted by Gasteiger charge is 2.33. The number of rotatable bonds is 3. The van der Waals surface area contributed by atoms with Crippen LogP contribution in [0.25, 0.3) is 11.5 Å². The van der Waals surface area contributed by atoms with Crippen molar-refractivity contribution in [2.45, 2.75) is 38.6 Å². The molecule has 26 heavy (non-hydrogen) atoms. The van der Waals surface area contributed by atoms with Gasteiger partial charge in [0.25, 0.3) is 11.8 Å². The Bertz CT molecular complexity index is 911. The van der Waals surface area contributed by atoms with Crippen LogP contribution in [0, 0.1) is 6.92 Å². The second-order valence-corrected chi connectivity index (χ2v) is 6.49. The molecule has 136 valence electrons. The number of aromatic nitrogens is 5. The van der Waals surface area contributed by atoms with Gasteiger partial charge in [0.1, 0.15) is 0 Å². The number of amides is 1. The third-order valence-corrected chi connectivity index (χ3v) is 4.65. The summed E-state index contributed by atoms with van der Waals surface area (Å²) in [6.07, 6.45) is 8.55. The minimum atomic E-state index is -0.247. The maximum atomic E-state index is 13.0. The second-order valence-electron chi connectivity index (χ2n) is 6.49. The fraction of sp³-hybridized carbons (Fsp3) is 0.471. The molecule has 1 aliphatic heterocycles. The molecule has 1 amide bonds. The molecule has 0 N–H and O–H groups in total. The van der Waals surface area contributed by atoms with Crippen molar-refractivity contribution < 1.29 is 13.7 Å². The summed E-state index contributed by atoms with van der Waals surface area (Å²) in [4.78, 5) is 23.3. The van der Waals surface area contributed by atoms with Gasteiger partial charge in [0.2, 0.25) is 5.76 Å². The van der Waals surface area contributed by atoms with Crippen molar-refractivity contribution in [1.82, 2.24) is 29.8 Å². The van der Waals surface area contributed by atoms with Crippen LogP contribution in [0.15, 0.2) is 27.7 Å². The highest BCUT2D eigenvalue weighted by molar-refractivity contribution is 5.92. The van der Waals surface area contributed by atoms with Gasteiger partial charge in [-0.2, -0.15) is 10.1 Å². The van der Waals surface area contributed by atoms with E-state index in [1.54, 1.807) is 22.7 Å². The van der Waals surface area contributed by atoms with Crippen molar-refractivity contribution in [3.63, 3.8) is 0 Å². The summed E-state index contributed by atoms with van der Waals surface area (Å²) in [7, 11) is 1.83. The molecule has 1 unspecified atom stereocenters. The smallest absolute Gasteiger partial charge is 0.292 e. The fourth-order valence-electron chi connectivity index (χ4n) is 3.28. The van der Waals surface area contributed by atoms with Crippen LogP contribution in [0.3, 0.4) is 0 Å². The largest absolute Gasteiger partial charge is 0.438 e. The maximum Gasteiger partial charge on any atom is 0.292 e. The van der Waals surface area contributed by atoms with E-state index in [4.69, 9.17) is 8.94 Å². The zero-order valence-electron chi connectivity index (χ0n) is 14.8. The van der Waals surface area contributed by atoms with E-state index < -0.39 is 0 Å². The van der Waals surface area contributed by atoms with Crippen LogP contribution >= 0.6 is 0 Å². The normalized spacial score (nSPS) is 18.1. The Balaban J connectivity index is 1.65. The molecule has 0 aliphatic carbocycles. The monoisotopic (exact) mass is 356 g/mol. The van der Waals surface area contributed by atoms with Crippen LogP contribution in [0.4, 0.5) is 0 Å². The Hall–Kier alpha value is -2.97. The molecule has 3 aromatic rings. The summed E-state index contributed by atoms with van der Waals surface area (Å²) in [5, 5.41) is 8.26. The van der Waals surface area contributed by atoms with Crippen LogP contribution in [-0.2, 0) is 7.05 Å². The van der Waals surface area contributed by atoms with E-state index in [-0.39, 0.29) is 17.7 Å². The molecule has 0 bridgehead atoms. The summed E-state index contributed by atoms with van der Waals surface area (Å²) in [6, 6.07) is -0.247. The molecule has 0 spiro atoms. The summed E-state index contributed by atoms with van der Waals surface area (Å²) >= 11 is 0. The molecule has 0 saturated carbocycles. The van der Waals surface area contributed by atoms with E-state index in [0.717, 1.165) is 31.2 Å². The minimum absolute atomic E-state index is 0.181. The maximum absolute atomic E-state index is 13.0. The number of nitrogens with zero attached hydrogens (tertiary/aromatic N) is 6. The number of carbonyl (C=O) groups is 1. The van der Waals surface area contributed by atoms with Crippen LogP contribution in [0.1, 0.15) is 53.8 Å². The van der Waals surface area contributed by atoms with Crippen molar-refractivity contribution in [1.29, 1.82) is 0 Å². The van der Waals surface area contributed by atoms with Crippen molar-refractivity contribution >= 4 is 5.91 Å². The molecular formula is C17H20N6O3. The van der Waals surface area contributed by atoms with E-state index in [1.165, 1.54) is 6.39 Å². The van der Waals surface area contributed by atoms with Gasteiger partial charge in [-0.15, -0.1) is 0 Å². The fourth-order valence-corrected chi connectivity index (χ4v) is 3.28. The first kappa shape index (κ1) is 16.5. The van der Waals surface area contributed by atoms with Crippen molar-refractivity contribution in [3.05, 3.63) is 36.1 Å². The Morgan fingerprint density at radius 3 is 2.92 bits per heavy atom. The molecule has 4 rings (SSSR count). The standard InChI is InChI=1S/C17H20N6O3/c1-11-14(25-10-18-11)17(24)23-7-5-3-4-6-13(23)15-20-16(26-21-15)12-8-19-22(2)9-12/h8-10,13H,3-7H2,1-2H3. The lowest BCUT2D eigenvalue weighted by molar-refractivity contribution is 0.0636. The third-order valence-electron chi connectivity index (χ3n) is 4.65. The van der Waals surface area contributed by atoms with E-state index in [0.29, 0.717) is 24.0 Å². The first-order valence-corrected chi connectivity index (χ1v) is 8.67. The number of hydrogen-bond acceptors (Lipinski definition) is 7. The average molecular weight is 356 g/mol. The zero-order valence-corrected chi connectivity index (χ0v) is 14.8. The van der Waals surface area contributed by atoms with Crippen LogP contribution < -0.4 is 0 Å². The minimum Gasteiger partial charge on any atom is -0.438 e. The molecule has 4 heterocycles. The zero-order chi connectivity index (χ0) is 18.1. The molecule has 0 aromatic carbocycles. The molecule has 1 aliphatic rings. The molecule has 1 atom stereocenters. The average Bonchev–Trinajstić information content (AvgIpc) is 3.33. The van der Waals surface area contributed by atoms with Gasteiger partial charge < -0.3 is 13.8 Å². The summed E-state index contributed by atoms with van der Waals surface area (Å²) in [5.74, 6) is 1.00. The van der Waals surface area contributed by atoms with Gasteiger partial charge in [0.15, 0.2) is 12.2 Å². The van der Waals surface area contributed by atoms with Gasteiger partial charge in [-0.05, 0) is 19.8 Å². The topological polar surface area (TPSA) is 103 Å². The Labute approximate surface area is 150 Å². The lowest BCUT2D eigenvalue weighted by Crippen LogP contribution is -2.35. The number of oxazole rings is 1. The summed E-state index contributed by atoms with van der Waals surface area (Å²) in [5.41, 5.74) is 1.34. The van der Waals surface area contributed by atoms with Gasteiger partial charge in [0.05, 0.1) is 23.5 Å². The summed E-state index contributed by atoms with van der Waals surface area (Å²) in [6.45, 7) is 2.39. The highest BCUT2D eigenvalue weighted by Crippen LogP contribution is 2.31. The predicted octanol–water partition coefficient (Wildman–Crippen LogP) is 2.52. The van der Waals surface area contributed by atoms with Gasteiger partial charge >= 0.3 is 0 Å². The predicted molar refractivity (Wildman–Crippen MR) is 90.0 cm³/mol. The van der Waals surface area contributed by atoms with E-state index in [9.17, 15) is 4.79 Å². The van der Waals surface area contributed by atoms with Crippen molar-refractivity contribution in [2.75, 3.05) is 6.54 Å². The van der Waals surface area contributed by atoms with Gasteiger partial charge in [0, 0.05) is 19.8 Å². The van der Waals surface area contributed by atoms with Gasteiger partial charge in [-0.3, -0.25) is 9.48 Å². The van der Waals surface area contributed by atoms with Crippen molar-refractivity contribution in [2.24, 2.45) is 7.05 Å². The molecule has 9 nitrogen and oxygen atoms in total. The van der Waals surface area contributed by atoms with E-state index >= 15 is 0 Å². The molecule has 1 fully saturated rings. The van der Waals surface area contributed by atoms with Crippen LogP contribution in [-0.4, -0.2) is 42.3 Å². The van der Waals surface area contributed by atoms with Gasteiger partial charge in [-0.25, -0.2) is 4.98 Å². The number of carbonyl (C=O) groups excluding carboxylic acids is 1. The number of aryl methyl sites for hydroxylation is 2. The molecule has 1 saturated heterocycles. The number of hydrogen-bond donors (Lipinski definition) is 0. The number of likely N-dealkylation sites (tertiary alicyclic amines) is 1. The van der Waals surface area contributed by atoms with Gasteiger partial charge in [-0.1, -0.05) is 18.0 Å². The van der Waals surface area contributed by atoms with E-state index in [2.05, 4.69) is 20.2 Å². The Morgan fingerprint density at radius 1 is 1.31 bits per heavy atom. The second kappa shape index (κ2) is 6.74. The Kier molecular flexibility index (Phi) is 4.27. The first-order valence-electron chi connectivity index (χ1n) is 8.67.